The standard InChI is InChI=1S/C17H34N2/c1-14-12-18-16(17(2,3)4)13-19(14)11-7-10-15-8-5-6-9-15/h14-16,18H,5-13H2,1-4H3. The van der Waals surface area contributed by atoms with Crippen molar-refractivity contribution in [3.8, 4) is 0 Å². The summed E-state index contributed by atoms with van der Waals surface area (Å²) in [5.74, 6) is 1.05. The Bertz CT molecular complexity index is 263. The molecular weight excluding hydrogens is 232 g/mol. The van der Waals surface area contributed by atoms with Crippen LogP contribution >= 0.6 is 0 Å². The molecule has 2 unspecified atom stereocenters. The van der Waals surface area contributed by atoms with Crippen LogP contribution in [0.3, 0.4) is 0 Å². The molecule has 1 N–H and O–H groups in total. The Hall–Kier alpha value is -0.0800. The Labute approximate surface area is 120 Å². The lowest BCUT2D eigenvalue weighted by atomic mass is 9.84. The molecule has 2 atom stereocenters. The van der Waals surface area contributed by atoms with E-state index in [4.69, 9.17) is 0 Å². The van der Waals surface area contributed by atoms with Crippen molar-refractivity contribution in [1.82, 2.24) is 10.2 Å². The second-order valence-corrected chi connectivity index (χ2v) is 7.96. The molecular formula is C17H34N2. The highest BCUT2D eigenvalue weighted by atomic mass is 15.2. The molecule has 0 amide bonds. The molecule has 2 nitrogen and oxygen atoms in total. The van der Waals surface area contributed by atoms with Gasteiger partial charge in [0.25, 0.3) is 0 Å². The molecule has 0 bridgehead atoms. The average molecular weight is 266 g/mol. The third kappa shape index (κ3) is 4.46. The highest BCUT2D eigenvalue weighted by molar-refractivity contribution is 4.90. The fourth-order valence-electron chi connectivity index (χ4n) is 3.69. The van der Waals surface area contributed by atoms with E-state index in [-0.39, 0.29) is 0 Å². The first-order valence-electron chi connectivity index (χ1n) is 8.44. The summed E-state index contributed by atoms with van der Waals surface area (Å²) in [4.78, 5) is 2.72. The van der Waals surface area contributed by atoms with Crippen molar-refractivity contribution in [3.63, 3.8) is 0 Å². The van der Waals surface area contributed by atoms with E-state index < -0.39 is 0 Å². The molecule has 2 rings (SSSR count). The quantitative estimate of drug-likeness (QED) is 0.835. The SMILES string of the molecule is CC1CNC(C(C)(C)C)CN1CCCC1CCCC1. The molecule has 0 aromatic heterocycles. The van der Waals surface area contributed by atoms with Crippen LogP contribution in [-0.2, 0) is 0 Å². The van der Waals surface area contributed by atoms with Gasteiger partial charge in [-0.2, -0.15) is 0 Å². The Balaban J connectivity index is 1.74. The summed E-state index contributed by atoms with van der Waals surface area (Å²) in [5.41, 5.74) is 0.379. The minimum absolute atomic E-state index is 0.379. The molecule has 1 aliphatic heterocycles. The van der Waals surface area contributed by atoms with Crippen molar-refractivity contribution in [3.05, 3.63) is 0 Å². The zero-order chi connectivity index (χ0) is 13.9. The molecule has 0 radical (unpaired) electrons. The van der Waals surface area contributed by atoms with Gasteiger partial charge in [0.1, 0.15) is 0 Å². The predicted molar refractivity (Wildman–Crippen MR) is 83.5 cm³/mol. The number of hydrogen-bond donors (Lipinski definition) is 1. The van der Waals surface area contributed by atoms with Crippen LogP contribution in [-0.4, -0.2) is 36.6 Å². The van der Waals surface area contributed by atoms with Crippen molar-refractivity contribution in [1.29, 1.82) is 0 Å². The molecule has 1 saturated heterocycles. The highest BCUT2D eigenvalue weighted by Crippen LogP contribution is 2.29. The lowest BCUT2D eigenvalue weighted by molar-refractivity contribution is 0.0911. The summed E-state index contributed by atoms with van der Waals surface area (Å²) in [6, 6.07) is 1.36. The maximum Gasteiger partial charge on any atom is 0.0244 e. The summed E-state index contributed by atoms with van der Waals surface area (Å²) in [6.07, 6.45) is 8.85. The first kappa shape index (κ1) is 15.3. The summed E-state index contributed by atoms with van der Waals surface area (Å²) < 4.78 is 0. The Morgan fingerprint density at radius 2 is 1.84 bits per heavy atom. The van der Waals surface area contributed by atoms with Crippen LogP contribution in [0.4, 0.5) is 0 Å². The lowest BCUT2D eigenvalue weighted by Gasteiger charge is -2.44. The van der Waals surface area contributed by atoms with E-state index in [1.807, 2.05) is 0 Å². The fourth-order valence-corrected chi connectivity index (χ4v) is 3.69. The van der Waals surface area contributed by atoms with E-state index >= 15 is 0 Å². The van der Waals surface area contributed by atoms with E-state index in [2.05, 4.69) is 37.9 Å². The number of nitrogens with zero attached hydrogens (tertiary/aromatic N) is 1. The monoisotopic (exact) mass is 266 g/mol. The van der Waals surface area contributed by atoms with Crippen LogP contribution in [0.2, 0.25) is 0 Å². The molecule has 1 saturated carbocycles. The van der Waals surface area contributed by atoms with Crippen molar-refractivity contribution >= 4 is 0 Å². The third-order valence-electron chi connectivity index (χ3n) is 5.28. The summed E-state index contributed by atoms with van der Waals surface area (Å²) in [7, 11) is 0. The van der Waals surface area contributed by atoms with Crippen LogP contribution in [0.25, 0.3) is 0 Å². The van der Waals surface area contributed by atoms with Gasteiger partial charge in [-0.1, -0.05) is 46.5 Å². The van der Waals surface area contributed by atoms with Crippen molar-refractivity contribution < 1.29 is 0 Å². The maximum absolute atomic E-state index is 3.73. The van der Waals surface area contributed by atoms with Gasteiger partial charge in [0, 0.05) is 25.2 Å². The van der Waals surface area contributed by atoms with Gasteiger partial charge in [-0.25, -0.2) is 0 Å². The smallest absolute Gasteiger partial charge is 0.0244 e. The van der Waals surface area contributed by atoms with Crippen LogP contribution < -0.4 is 5.32 Å². The Kier molecular flexibility index (Phi) is 5.30. The van der Waals surface area contributed by atoms with Gasteiger partial charge in [-0.15, -0.1) is 0 Å². The van der Waals surface area contributed by atoms with Crippen LogP contribution in [0.5, 0.6) is 0 Å². The highest BCUT2D eigenvalue weighted by Gasteiger charge is 2.32. The van der Waals surface area contributed by atoms with E-state index in [0.29, 0.717) is 17.5 Å². The van der Waals surface area contributed by atoms with E-state index in [9.17, 15) is 0 Å². The second-order valence-electron chi connectivity index (χ2n) is 7.96. The first-order valence-corrected chi connectivity index (χ1v) is 8.44. The molecule has 2 heteroatoms. The van der Waals surface area contributed by atoms with E-state index in [0.717, 1.165) is 12.5 Å². The molecule has 1 heterocycles. The predicted octanol–water partition coefficient (Wildman–Crippen LogP) is 3.67. The van der Waals surface area contributed by atoms with Gasteiger partial charge < -0.3 is 5.32 Å². The van der Waals surface area contributed by atoms with E-state index in [1.54, 1.807) is 0 Å². The van der Waals surface area contributed by atoms with Crippen LogP contribution in [0.1, 0.15) is 66.2 Å². The van der Waals surface area contributed by atoms with Gasteiger partial charge in [-0.05, 0) is 37.6 Å². The molecule has 19 heavy (non-hydrogen) atoms. The summed E-state index contributed by atoms with van der Waals surface area (Å²) in [5, 5.41) is 3.73. The lowest BCUT2D eigenvalue weighted by Crippen LogP contribution is -2.59. The topological polar surface area (TPSA) is 15.3 Å². The molecule has 112 valence electrons. The largest absolute Gasteiger partial charge is 0.311 e. The molecule has 2 fully saturated rings. The third-order valence-corrected chi connectivity index (χ3v) is 5.28. The number of piperazine rings is 1. The summed E-state index contributed by atoms with van der Waals surface area (Å²) >= 11 is 0. The van der Waals surface area contributed by atoms with Crippen molar-refractivity contribution in [2.75, 3.05) is 19.6 Å². The number of rotatable bonds is 4. The van der Waals surface area contributed by atoms with E-state index in [1.165, 1.54) is 51.6 Å². The zero-order valence-corrected chi connectivity index (χ0v) is 13.5. The molecule has 0 spiro atoms. The molecule has 2 aliphatic rings. The molecule has 0 aromatic carbocycles. The zero-order valence-electron chi connectivity index (χ0n) is 13.5. The van der Waals surface area contributed by atoms with Crippen molar-refractivity contribution in [2.45, 2.75) is 78.3 Å². The van der Waals surface area contributed by atoms with Gasteiger partial charge in [-0.3, -0.25) is 4.90 Å². The first-order chi connectivity index (χ1) is 8.97. The number of hydrogen-bond acceptors (Lipinski definition) is 2. The van der Waals surface area contributed by atoms with Gasteiger partial charge in [0.2, 0.25) is 0 Å². The van der Waals surface area contributed by atoms with Crippen molar-refractivity contribution in [2.24, 2.45) is 11.3 Å². The molecule has 0 aromatic rings. The minimum atomic E-state index is 0.379. The Morgan fingerprint density at radius 1 is 1.16 bits per heavy atom. The summed E-state index contributed by atoms with van der Waals surface area (Å²) in [6.45, 7) is 13.2. The van der Waals surface area contributed by atoms with Gasteiger partial charge in [0.15, 0.2) is 0 Å². The van der Waals surface area contributed by atoms with Gasteiger partial charge in [0.05, 0.1) is 0 Å². The van der Waals surface area contributed by atoms with Crippen LogP contribution in [0, 0.1) is 11.3 Å². The number of nitrogens with one attached hydrogen (secondary N) is 1. The Morgan fingerprint density at radius 3 is 2.47 bits per heavy atom. The second kappa shape index (κ2) is 6.58. The normalized spacial score (nSPS) is 30.9. The maximum atomic E-state index is 3.73. The van der Waals surface area contributed by atoms with Gasteiger partial charge >= 0.3 is 0 Å². The average Bonchev–Trinajstić information content (AvgIpc) is 2.83. The molecule has 1 aliphatic carbocycles. The fraction of sp³-hybridized carbons (Fsp3) is 1.00. The van der Waals surface area contributed by atoms with Crippen LogP contribution in [0.15, 0.2) is 0 Å². The minimum Gasteiger partial charge on any atom is -0.311 e.